The maximum Gasteiger partial charge on any atom is 0.525 e. The Labute approximate surface area is 157 Å². The van der Waals surface area contributed by atoms with Gasteiger partial charge in [-0.2, -0.15) is 13.2 Å². The van der Waals surface area contributed by atoms with Crippen LogP contribution in [-0.2, 0) is 20.2 Å². The van der Waals surface area contributed by atoms with Crippen molar-refractivity contribution in [3.05, 3.63) is 41.1 Å². The molecule has 150 valence electrons. The summed E-state index contributed by atoms with van der Waals surface area (Å²) >= 11 is 0. The van der Waals surface area contributed by atoms with Crippen LogP contribution < -0.4 is 0 Å². The Bertz CT molecular complexity index is 682. The number of benzene rings is 1. The summed E-state index contributed by atoms with van der Waals surface area (Å²) in [5, 5.41) is 0. The van der Waals surface area contributed by atoms with Crippen LogP contribution in [0.25, 0.3) is 5.57 Å². The molecule has 1 aliphatic heterocycles. The molecule has 0 aromatic heterocycles. The maximum atomic E-state index is 15.3. The molecule has 1 fully saturated rings. The van der Waals surface area contributed by atoms with E-state index in [4.69, 9.17) is 14.0 Å². The van der Waals surface area contributed by atoms with Crippen LogP contribution in [0.15, 0.2) is 30.0 Å². The minimum absolute atomic E-state index is 0.0908. The van der Waals surface area contributed by atoms with Crippen molar-refractivity contribution < 1.29 is 31.6 Å². The van der Waals surface area contributed by atoms with E-state index in [-0.39, 0.29) is 24.2 Å². The zero-order chi connectivity index (χ0) is 20.5. The van der Waals surface area contributed by atoms with Gasteiger partial charge in [-0.25, -0.2) is 4.39 Å². The number of alkyl halides is 3. The van der Waals surface area contributed by atoms with Gasteiger partial charge in [-0.05, 0) is 64.3 Å². The van der Waals surface area contributed by atoms with Crippen LogP contribution in [0.3, 0.4) is 0 Å². The number of hydrogen-bond donors (Lipinski definition) is 0. The Morgan fingerprint density at radius 2 is 1.70 bits per heavy atom. The molecule has 8 heteroatoms. The van der Waals surface area contributed by atoms with Crippen LogP contribution in [0.5, 0.6) is 0 Å². The summed E-state index contributed by atoms with van der Waals surface area (Å²) in [6.07, 6.45) is -4.41. The maximum absolute atomic E-state index is 15.3. The normalized spacial score (nSPS) is 20.0. The Morgan fingerprint density at radius 1 is 1.11 bits per heavy atom. The van der Waals surface area contributed by atoms with Crippen molar-refractivity contribution in [2.24, 2.45) is 0 Å². The molecule has 0 saturated carbocycles. The van der Waals surface area contributed by atoms with Gasteiger partial charge in [-0.3, -0.25) is 0 Å². The van der Waals surface area contributed by atoms with Gasteiger partial charge in [0.2, 0.25) is 0 Å². The standard InChI is InChI=1S/C19H25BF4O3/c1-6-25-11-10-15(13-8-7-9-14(12-13)19(22,23)24)16(21)20-26-17(2,3)18(4,5)27-20/h7-9,12H,6,10-11H2,1-5H3. The summed E-state index contributed by atoms with van der Waals surface area (Å²) in [5.41, 5.74) is -2.85. The summed E-state index contributed by atoms with van der Waals surface area (Å²) in [7, 11) is -1.28. The topological polar surface area (TPSA) is 27.7 Å². The molecular weight excluding hydrogens is 363 g/mol. The molecule has 1 saturated heterocycles. The fraction of sp³-hybridized carbons (Fsp3) is 0.579. The highest BCUT2D eigenvalue weighted by Gasteiger charge is 2.53. The number of halogens is 4. The minimum Gasteiger partial charge on any atom is -0.398 e. The van der Waals surface area contributed by atoms with Crippen LogP contribution in [0.4, 0.5) is 17.6 Å². The van der Waals surface area contributed by atoms with E-state index in [2.05, 4.69) is 0 Å². The zero-order valence-electron chi connectivity index (χ0n) is 16.2. The first-order chi connectivity index (χ1) is 12.4. The lowest BCUT2D eigenvalue weighted by Crippen LogP contribution is -2.41. The summed E-state index contributed by atoms with van der Waals surface area (Å²) in [6, 6.07) is 4.60. The smallest absolute Gasteiger partial charge is 0.398 e. The highest BCUT2D eigenvalue weighted by molar-refractivity contribution is 6.55. The van der Waals surface area contributed by atoms with Gasteiger partial charge in [0.15, 0.2) is 0 Å². The third kappa shape index (κ3) is 4.92. The lowest BCUT2D eigenvalue weighted by molar-refractivity contribution is -0.137. The van der Waals surface area contributed by atoms with E-state index in [1.807, 2.05) is 0 Å². The molecule has 0 bridgehead atoms. The summed E-state index contributed by atoms with van der Waals surface area (Å²) in [4.78, 5) is 0. The molecule has 2 rings (SSSR count). The second-order valence-corrected chi connectivity index (χ2v) is 7.44. The molecule has 1 heterocycles. The van der Waals surface area contributed by atoms with Crippen molar-refractivity contribution in [3.63, 3.8) is 0 Å². The van der Waals surface area contributed by atoms with Crippen LogP contribution >= 0.6 is 0 Å². The highest BCUT2D eigenvalue weighted by atomic mass is 19.4. The summed E-state index contributed by atoms with van der Waals surface area (Å²) in [6.45, 7) is 9.52. The molecule has 0 atom stereocenters. The second kappa shape index (κ2) is 7.93. The number of rotatable bonds is 6. The van der Waals surface area contributed by atoms with Gasteiger partial charge < -0.3 is 14.0 Å². The van der Waals surface area contributed by atoms with Crippen LogP contribution in [-0.4, -0.2) is 31.5 Å². The molecule has 3 nitrogen and oxygen atoms in total. The van der Waals surface area contributed by atoms with Gasteiger partial charge in [-0.15, -0.1) is 0 Å². The van der Waals surface area contributed by atoms with E-state index in [0.29, 0.717) is 6.61 Å². The highest BCUT2D eigenvalue weighted by Crippen LogP contribution is 2.41. The summed E-state index contributed by atoms with van der Waals surface area (Å²) < 4.78 is 71.2. The Balaban J connectivity index is 2.44. The van der Waals surface area contributed by atoms with Crippen molar-refractivity contribution >= 4 is 12.7 Å². The summed E-state index contributed by atoms with van der Waals surface area (Å²) in [5.74, 6) is 0. The number of ether oxygens (including phenoxy) is 1. The van der Waals surface area contributed by atoms with Crippen molar-refractivity contribution in [1.29, 1.82) is 0 Å². The van der Waals surface area contributed by atoms with Crippen LogP contribution in [0.1, 0.15) is 52.2 Å². The predicted octanol–water partition coefficient (Wildman–Crippen LogP) is 5.44. The molecule has 0 aliphatic carbocycles. The van der Waals surface area contributed by atoms with E-state index in [1.165, 1.54) is 12.1 Å². The van der Waals surface area contributed by atoms with E-state index < -0.39 is 35.8 Å². The average Bonchev–Trinajstić information content (AvgIpc) is 2.78. The van der Waals surface area contributed by atoms with Crippen molar-refractivity contribution in [2.75, 3.05) is 13.2 Å². The van der Waals surface area contributed by atoms with Gasteiger partial charge in [0.25, 0.3) is 0 Å². The third-order valence-corrected chi connectivity index (χ3v) is 4.99. The van der Waals surface area contributed by atoms with Crippen LogP contribution in [0, 0.1) is 0 Å². The SMILES string of the molecule is CCOCCC(=C(F)B1OC(C)(C)C(C)(C)O1)c1cccc(C(F)(F)F)c1. The quantitative estimate of drug-likeness (QED) is 0.369. The van der Waals surface area contributed by atoms with Crippen molar-refractivity contribution in [3.8, 4) is 0 Å². The van der Waals surface area contributed by atoms with Gasteiger partial charge in [0.05, 0.1) is 23.4 Å². The molecule has 0 amide bonds. The Kier molecular flexibility index (Phi) is 6.44. The molecule has 1 aromatic rings. The monoisotopic (exact) mass is 388 g/mol. The fourth-order valence-electron chi connectivity index (χ4n) is 2.69. The molecule has 0 unspecified atom stereocenters. The molecule has 27 heavy (non-hydrogen) atoms. The van der Waals surface area contributed by atoms with Gasteiger partial charge in [0, 0.05) is 6.61 Å². The van der Waals surface area contributed by atoms with Crippen LogP contribution in [0.2, 0.25) is 0 Å². The van der Waals surface area contributed by atoms with Crippen molar-refractivity contribution in [1.82, 2.24) is 0 Å². The molecule has 1 aliphatic rings. The molecule has 0 radical (unpaired) electrons. The first-order valence-electron chi connectivity index (χ1n) is 8.88. The fourth-order valence-corrected chi connectivity index (χ4v) is 2.69. The third-order valence-electron chi connectivity index (χ3n) is 4.99. The van der Waals surface area contributed by atoms with E-state index >= 15 is 4.39 Å². The lowest BCUT2D eigenvalue weighted by atomic mass is 9.81. The molecule has 0 N–H and O–H groups in total. The van der Waals surface area contributed by atoms with Gasteiger partial charge in [-0.1, -0.05) is 12.1 Å². The van der Waals surface area contributed by atoms with E-state index in [0.717, 1.165) is 12.1 Å². The van der Waals surface area contributed by atoms with E-state index in [9.17, 15) is 13.2 Å². The largest absolute Gasteiger partial charge is 0.525 e. The number of hydrogen-bond acceptors (Lipinski definition) is 3. The predicted molar refractivity (Wildman–Crippen MR) is 96.7 cm³/mol. The first kappa shape index (κ1) is 21.9. The lowest BCUT2D eigenvalue weighted by Gasteiger charge is -2.32. The average molecular weight is 388 g/mol. The minimum atomic E-state index is -4.51. The zero-order valence-corrected chi connectivity index (χ0v) is 16.2. The first-order valence-corrected chi connectivity index (χ1v) is 8.88. The Morgan fingerprint density at radius 3 is 2.22 bits per heavy atom. The van der Waals surface area contributed by atoms with E-state index in [1.54, 1.807) is 34.6 Å². The Hall–Kier alpha value is -1.38. The molecule has 0 spiro atoms. The van der Waals surface area contributed by atoms with Gasteiger partial charge >= 0.3 is 13.3 Å². The molecule has 1 aromatic carbocycles. The second-order valence-electron chi connectivity index (χ2n) is 7.44. The van der Waals surface area contributed by atoms with Crippen molar-refractivity contribution in [2.45, 2.75) is 58.4 Å². The molecular formula is C19H25BF4O3. The van der Waals surface area contributed by atoms with Gasteiger partial charge in [0.1, 0.15) is 5.73 Å².